The number of rotatable bonds is 7. The van der Waals surface area contributed by atoms with Gasteiger partial charge < -0.3 is 20.1 Å². The third-order valence-electron chi connectivity index (χ3n) is 4.89. The predicted molar refractivity (Wildman–Crippen MR) is 125 cm³/mol. The number of hydrogen-bond donors (Lipinski definition) is 2. The lowest BCUT2D eigenvalue weighted by Crippen LogP contribution is -2.40. The molecule has 0 aliphatic carbocycles. The molecule has 1 aliphatic heterocycles. The van der Waals surface area contributed by atoms with Gasteiger partial charge in [0.2, 0.25) is 15.9 Å². The van der Waals surface area contributed by atoms with Crippen molar-refractivity contribution in [2.24, 2.45) is 5.41 Å². The van der Waals surface area contributed by atoms with Gasteiger partial charge in [0.15, 0.2) is 6.61 Å². The van der Waals surface area contributed by atoms with Gasteiger partial charge >= 0.3 is 0 Å². The monoisotopic (exact) mass is 475 g/mol. The number of anilines is 2. The molecule has 9 nitrogen and oxygen atoms in total. The van der Waals surface area contributed by atoms with Crippen LogP contribution >= 0.6 is 0 Å². The fourth-order valence-electron chi connectivity index (χ4n) is 2.97. The molecule has 2 aromatic rings. The molecule has 2 N–H and O–H groups in total. The van der Waals surface area contributed by atoms with Gasteiger partial charge in [-0.2, -0.15) is 4.31 Å². The standard InChI is InChI=1S/C23H29N3O6S/c1-23(2,3)22(28)25-18-5-4-6-19(15-18)32-16-21(27)24-17-7-9-20(10-8-17)33(29,30)26-11-13-31-14-12-26/h4-10,15H,11-14,16H2,1-3H3,(H,24,27)(H,25,28). The van der Waals surface area contributed by atoms with Crippen LogP contribution in [0.15, 0.2) is 53.4 Å². The van der Waals surface area contributed by atoms with Gasteiger partial charge in [-0.05, 0) is 36.4 Å². The van der Waals surface area contributed by atoms with E-state index in [1.807, 2.05) is 20.8 Å². The van der Waals surface area contributed by atoms with Crippen LogP contribution in [0.5, 0.6) is 5.75 Å². The molecule has 1 fully saturated rings. The molecule has 10 heteroatoms. The highest BCUT2D eigenvalue weighted by Gasteiger charge is 2.26. The summed E-state index contributed by atoms with van der Waals surface area (Å²) in [6.07, 6.45) is 0. The Balaban J connectivity index is 1.54. The van der Waals surface area contributed by atoms with Crippen LogP contribution in [0.1, 0.15) is 20.8 Å². The number of sulfonamides is 1. The van der Waals surface area contributed by atoms with Gasteiger partial charge in [0.05, 0.1) is 18.1 Å². The van der Waals surface area contributed by atoms with Gasteiger partial charge in [0, 0.05) is 35.9 Å². The number of nitrogens with one attached hydrogen (secondary N) is 2. The lowest BCUT2D eigenvalue weighted by atomic mass is 9.95. The van der Waals surface area contributed by atoms with Crippen molar-refractivity contribution in [2.75, 3.05) is 43.5 Å². The number of carbonyl (C=O) groups excluding carboxylic acids is 2. The smallest absolute Gasteiger partial charge is 0.262 e. The molecule has 0 saturated carbocycles. The minimum atomic E-state index is -3.59. The highest BCUT2D eigenvalue weighted by atomic mass is 32.2. The van der Waals surface area contributed by atoms with Crippen LogP contribution < -0.4 is 15.4 Å². The molecule has 1 aliphatic rings. The second-order valence-corrected chi connectivity index (χ2v) is 10.5. The molecule has 0 radical (unpaired) electrons. The Morgan fingerprint density at radius 2 is 1.67 bits per heavy atom. The van der Waals surface area contributed by atoms with Crippen LogP contribution in [0.2, 0.25) is 0 Å². The van der Waals surface area contributed by atoms with Crippen LogP contribution in [-0.4, -0.2) is 57.4 Å². The Labute approximate surface area is 194 Å². The van der Waals surface area contributed by atoms with Gasteiger partial charge in [-0.15, -0.1) is 0 Å². The third kappa shape index (κ3) is 6.77. The Hall–Kier alpha value is -2.95. The normalized spacial score (nSPS) is 15.0. The summed E-state index contributed by atoms with van der Waals surface area (Å²) in [6, 6.07) is 12.8. The predicted octanol–water partition coefficient (Wildman–Crippen LogP) is 2.71. The summed E-state index contributed by atoms with van der Waals surface area (Å²) in [5.41, 5.74) is 0.494. The zero-order valence-electron chi connectivity index (χ0n) is 19.0. The summed E-state index contributed by atoms with van der Waals surface area (Å²) in [6.45, 7) is 6.59. The summed E-state index contributed by atoms with van der Waals surface area (Å²) < 4.78 is 37.4. The maximum Gasteiger partial charge on any atom is 0.262 e. The fourth-order valence-corrected chi connectivity index (χ4v) is 4.38. The van der Waals surface area contributed by atoms with Crippen LogP contribution in [0.25, 0.3) is 0 Å². The van der Waals surface area contributed by atoms with Crippen molar-refractivity contribution in [3.05, 3.63) is 48.5 Å². The Morgan fingerprint density at radius 3 is 2.30 bits per heavy atom. The first-order valence-electron chi connectivity index (χ1n) is 10.6. The van der Waals surface area contributed by atoms with E-state index in [1.165, 1.54) is 28.6 Å². The molecule has 0 aromatic heterocycles. The minimum absolute atomic E-state index is 0.128. The average Bonchev–Trinajstić information content (AvgIpc) is 2.78. The summed E-state index contributed by atoms with van der Waals surface area (Å²) in [5.74, 6) is -0.0943. The second-order valence-electron chi connectivity index (χ2n) is 8.61. The average molecular weight is 476 g/mol. The topological polar surface area (TPSA) is 114 Å². The highest BCUT2D eigenvalue weighted by molar-refractivity contribution is 7.89. The van der Waals surface area contributed by atoms with E-state index >= 15 is 0 Å². The first-order chi connectivity index (χ1) is 15.6. The van der Waals surface area contributed by atoms with E-state index in [1.54, 1.807) is 24.3 Å². The van der Waals surface area contributed by atoms with E-state index in [0.717, 1.165) is 0 Å². The number of benzene rings is 2. The van der Waals surface area contributed by atoms with Crippen molar-refractivity contribution < 1.29 is 27.5 Å². The molecule has 1 heterocycles. The molecular formula is C23H29N3O6S. The summed E-state index contributed by atoms with van der Waals surface area (Å²) in [7, 11) is -3.59. The lowest BCUT2D eigenvalue weighted by Gasteiger charge is -2.26. The number of amides is 2. The summed E-state index contributed by atoms with van der Waals surface area (Å²) >= 11 is 0. The zero-order chi connectivity index (χ0) is 24.1. The van der Waals surface area contributed by atoms with Crippen LogP contribution in [0.4, 0.5) is 11.4 Å². The van der Waals surface area contributed by atoms with E-state index in [9.17, 15) is 18.0 Å². The number of hydrogen-bond acceptors (Lipinski definition) is 6. The Bertz CT molecular complexity index is 1090. The van der Waals surface area contributed by atoms with Crippen LogP contribution in [0, 0.1) is 5.41 Å². The number of nitrogens with zero attached hydrogens (tertiary/aromatic N) is 1. The van der Waals surface area contributed by atoms with Crippen LogP contribution in [0.3, 0.4) is 0 Å². The second kappa shape index (κ2) is 10.3. The Kier molecular flexibility index (Phi) is 7.72. The van der Waals surface area contributed by atoms with Crippen molar-refractivity contribution in [1.82, 2.24) is 4.31 Å². The van der Waals surface area contributed by atoms with Crippen molar-refractivity contribution >= 4 is 33.2 Å². The number of morpholine rings is 1. The summed E-state index contributed by atoms with van der Waals surface area (Å²) in [4.78, 5) is 24.6. The van der Waals surface area contributed by atoms with Crippen molar-refractivity contribution in [3.63, 3.8) is 0 Å². The largest absolute Gasteiger partial charge is 0.484 e. The molecular weight excluding hydrogens is 446 g/mol. The Morgan fingerprint density at radius 1 is 1.00 bits per heavy atom. The van der Waals surface area contributed by atoms with E-state index in [0.29, 0.717) is 43.4 Å². The van der Waals surface area contributed by atoms with Gasteiger partial charge in [0.1, 0.15) is 5.75 Å². The zero-order valence-corrected chi connectivity index (χ0v) is 19.8. The van der Waals surface area contributed by atoms with E-state index in [2.05, 4.69) is 10.6 Å². The van der Waals surface area contributed by atoms with E-state index in [-0.39, 0.29) is 17.4 Å². The molecule has 2 amide bonds. The van der Waals surface area contributed by atoms with E-state index < -0.39 is 21.3 Å². The van der Waals surface area contributed by atoms with Gasteiger partial charge in [-0.25, -0.2) is 8.42 Å². The molecule has 3 rings (SSSR count). The molecule has 0 bridgehead atoms. The molecule has 0 atom stereocenters. The lowest BCUT2D eigenvalue weighted by molar-refractivity contribution is -0.123. The first-order valence-corrected chi connectivity index (χ1v) is 12.0. The quantitative estimate of drug-likeness (QED) is 0.637. The maximum atomic E-state index is 12.7. The molecule has 0 unspecified atom stereocenters. The highest BCUT2D eigenvalue weighted by Crippen LogP contribution is 2.22. The van der Waals surface area contributed by atoms with Gasteiger partial charge in [-0.3, -0.25) is 9.59 Å². The fraction of sp³-hybridized carbons (Fsp3) is 0.391. The maximum absolute atomic E-state index is 12.7. The van der Waals surface area contributed by atoms with Gasteiger partial charge in [-0.1, -0.05) is 26.8 Å². The van der Waals surface area contributed by atoms with Crippen molar-refractivity contribution in [2.45, 2.75) is 25.7 Å². The third-order valence-corrected chi connectivity index (χ3v) is 6.80. The molecule has 0 spiro atoms. The minimum Gasteiger partial charge on any atom is -0.484 e. The van der Waals surface area contributed by atoms with E-state index in [4.69, 9.17) is 9.47 Å². The SMILES string of the molecule is CC(C)(C)C(=O)Nc1cccc(OCC(=O)Nc2ccc(S(=O)(=O)N3CCOCC3)cc2)c1. The number of carbonyl (C=O) groups is 2. The molecule has 1 saturated heterocycles. The van der Waals surface area contributed by atoms with Crippen LogP contribution in [-0.2, 0) is 24.3 Å². The van der Waals surface area contributed by atoms with Gasteiger partial charge in [0.25, 0.3) is 5.91 Å². The summed E-state index contributed by atoms with van der Waals surface area (Å²) in [5, 5.41) is 5.49. The molecule has 178 valence electrons. The number of ether oxygens (including phenoxy) is 2. The molecule has 2 aromatic carbocycles. The van der Waals surface area contributed by atoms with Crippen molar-refractivity contribution in [1.29, 1.82) is 0 Å². The molecule has 33 heavy (non-hydrogen) atoms. The first kappa shape index (κ1) is 24.7. The van der Waals surface area contributed by atoms with Crippen molar-refractivity contribution in [3.8, 4) is 5.75 Å².